The maximum atomic E-state index is 12.5. The van der Waals surface area contributed by atoms with Crippen LogP contribution in [-0.4, -0.2) is 31.7 Å². The maximum absolute atomic E-state index is 12.5. The standard InChI is InChI=1S/C15H19F3N2O/c1-2-20(14(21)15(16,17)18)13-8-6-12(7-9-13)19-10-4-3-5-11-19/h6-9H,2-5,10-11H2,1H3. The minimum Gasteiger partial charge on any atom is -0.372 e. The number of alkyl halides is 3. The first kappa shape index (κ1) is 15.7. The fraction of sp³-hybridized carbons (Fsp3) is 0.533. The van der Waals surface area contributed by atoms with Crippen molar-refractivity contribution in [2.45, 2.75) is 32.4 Å². The highest BCUT2D eigenvalue weighted by Gasteiger charge is 2.42. The molecule has 1 aliphatic heterocycles. The molecule has 1 aromatic carbocycles. The van der Waals surface area contributed by atoms with Gasteiger partial charge in [-0.1, -0.05) is 0 Å². The highest BCUT2D eigenvalue weighted by molar-refractivity contribution is 5.97. The van der Waals surface area contributed by atoms with Crippen LogP contribution in [0, 0.1) is 0 Å². The minimum atomic E-state index is -4.85. The lowest BCUT2D eigenvalue weighted by molar-refractivity contribution is -0.170. The van der Waals surface area contributed by atoms with E-state index in [0.717, 1.165) is 36.5 Å². The van der Waals surface area contributed by atoms with Crippen molar-refractivity contribution in [1.82, 2.24) is 0 Å². The van der Waals surface area contributed by atoms with Gasteiger partial charge in [0.25, 0.3) is 0 Å². The molecular weight excluding hydrogens is 281 g/mol. The molecule has 0 unspecified atom stereocenters. The van der Waals surface area contributed by atoms with Crippen LogP contribution in [-0.2, 0) is 4.79 Å². The van der Waals surface area contributed by atoms with Crippen LogP contribution < -0.4 is 9.80 Å². The monoisotopic (exact) mass is 300 g/mol. The number of benzene rings is 1. The third-order valence-corrected chi connectivity index (χ3v) is 3.69. The molecular formula is C15H19F3N2O. The number of rotatable bonds is 3. The Hall–Kier alpha value is -1.72. The number of carbonyl (C=O) groups excluding carboxylic acids is 1. The van der Waals surface area contributed by atoms with E-state index in [4.69, 9.17) is 0 Å². The second kappa shape index (κ2) is 6.37. The number of nitrogens with zero attached hydrogens (tertiary/aromatic N) is 2. The van der Waals surface area contributed by atoms with Crippen LogP contribution >= 0.6 is 0 Å². The zero-order valence-corrected chi connectivity index (χ0v) is 12.0. The highest BCUT2D eigenvalue weighted by Crippen LogP contribution is 2.26. The summed E-state index contributed by atoms with van der Waals surface area (Å²) in [6.45, 7) is 3.46. The minimum absolute atomic E-state index is 0.0125. The van der Waals surface area contributed by atoms with Crippen molar-refractivity contribution in [2.75, 3.05) is 29.4 Å². The largest absolute Gasteiger partial charge is 0.471 e. The average molecular weight is 300 g/mol. The summed E-state index contributed by atoms with van der Waals surface area (Å²) in [6.07, 6.45) is -1.36. The van der Waals surface area contributed by atoms with Gasteiger partial charge >= 0.3 is 12.1 Å². The molecule has 0 atom stereocenters. The molecule has 1 heterocycles. The van der Waals surface area contributed by atoms with Gasteiger partial charge in [-0.3, -0.25) is 4.79 Å². The normalized spacial score (nSPS) is 15.9. The Morgan fingerprint density at radius 1 is 1.14 bits per heavy atom. The molecule has 1 fully saturated rings. The number of anilines is 2. The number of piperidine rings is 1. The summed E-state index contributed by atoms with van der Waals surface area (Å²) < 4.78 is 37.6. The van der Waals surface area contributed by atoms with E-state index >= 15 is 0 Å². The van der Waals surface area contributed by atoms with Crippen molar-refractivity contribution in [3.63, 3.8) is 0 Å². The van der Waals surface area contributed by atoms with Crippen LogP contribution in [0.2, 0.25) is 0 Å². The molecule has 0 aliphatic carbocycles. The molecule has 0 spiro atoms. The second-order valence-electron chi connectivity index (χ2n) is 5.11. The third kappa shape index (κ3) is 3.68. The maximum Gasteiger partial charge on any atom is 0.471 e. The molecule has 1 saturated heterocycles. The Labute approximate surface area is 122 Å². The van der Waals surface area contributed by atoms with Gasteiger partial charge in [0.15, 0.2) is 0 Å². The van der Waals surface area contributed by atoms with Gasteiger partial charge in [0, 0.05) is 31.0 Å². The van der Waals surface area contributed by atoms with Crippen molar-refractivity contribution in [1.29, 1.82) is 0 Å². The van der Waals surface area contributed by atoms with Gasteiger partial charge in [-0.25, -0.2) is 0 Å². The molecule has 0 aromatic heterocycles. The quantitative estimate of drug-likeness (QED) is 0.851. The van der Waals surface area contributed by atoms with E-state index in [2.05, 4.69) is 4.90 Å². The number of amides is 1. The first-order valence-electron chi connectivity index (χ1n) is 7.17. The van der Waals surface area contributed by atoms with E-state index in [1.165, 1.54) is 13.3 Å². The van der Waals surface area contributed by atoms with Gasteiger partial charge in [0.2, 0.25) is 0 Å². The van der Waals surface area contributed by atoms with Crippen LogP contribution in [0.3, 0.4) is 0 Å². The third-order valence-electron chi connectivity index (χ3n) is 3.69. The first-order chi connectivity index (χ1) is 9.93. The summed E-state index contributed by atoms with van der Waals surface area (Å²) in [5, 5.41) is 0. The van der Waals surface area contributed by atoms with E-state index in [1.807, 2.05) is 0 Å². The molecule has 1 aliphatic rings. The van der Waals surface area contributed by atoms with E-state index in [9.17, 15) is 18.0 Å². The van der Waals surface area contributed by atoms with Gasteiger partial charge in [0.1, 0.15) is 0 Å². The SMILES string of the molecule is CCN(C(=O)C(F)(F)F)c1ccc(N2CCCCC2)cc1. The van der Waals surface area contributed by atoms with Crippen LogP contribution in [0.4, 0.5) is 24.5 Å². The first-order valence-corrected chi connectivity index (χ1v) is 7.17. The lowest BCUT2D eigenvalue weighted by Crippen LogP contribution is -2.41. The van der Waals surface area contributed by atoms with Crippen LogP contribution in [0.15, 0.2) is 24.3 Å². The fourth-order valence-corrected chi connectivity index (χ4v) is 2.59. The molecule has 0 radical (unpaired) electrons. The smallest absolute Gasteiger partial charge is 0.372 e. The van der Waals surface area contributed by atoms with Gasteiger partial charge in [-0.2, -0.15) is 13.2 Å². The summed E-state index contributed by atoms with van der Waals surface area (Å²) in [6, 6.07) is 6.73. The number of carbonyl (C=O) groups is 1. The number of halogens is 3. The zero-order valence-electron chi connectivity index (χ0n) is 12.0. The van der Waals surface area contributed by atoms with Gasteiger partial charge in [0.05, 0.1) is 0 Å². The molecule has 1 aromatic rings. The molecule has 0 bridgehead atoms. The number of hydrogen-bond donors (Lipinski definition) is 0. The lowest BCUT2D eigenvalue weighted by Gasteiger charge is -2.29. The van der Waals surface area contributed by atoms with Crippen LogP contribution in [0.5, 0.6) is 0 Å². The van der Waals surface area contributed by atoms with E-state index < -0.39 is 12.1 Å². The van der Waals surface area contributed by atoms with Crippen molar-refractivity contribution < 1.29 is 18.0 Å². The Kier molecular flexibility index (Phi) is 4.75. The zero-order chi connectivity index (χ0) is 15.5. The number of hydrogen-bond acceptors (Lipinski definition) is 2. The molecule has 1 amide bonds. The molecule has 116 valence electrons. The Morgan fingerprint density at radius 3 is 2.19 bits per heavy atom. The van der Waals surface area contributed by atoms with Crippen LogP contribution in [0.25, 0.3) is 0 Å². The summed E-state index contributed by atoms with van der Waals surface area (Å²) in [5.74, 6) is -1.82. The van der Waals surface area contributed by atoms with Crippen molar-refractivity contribution in [3.8, 4) is 0 Å². The second-order valence-corrected chi connectivity index (χ2v) is 5.11. The molecule has 21 heavy (non-hydrogen) atoms. The summed E-state index contributed by atoms with van der Waals surface area (Å²) in [5.41, 5.74) is 1.27. The lowest BCUT2D eigenvalue weighted by atomic mass is 10.1. The van der Waals surface area contributed by atoms with Gasteiger partial charge < -0.3 is 9.80 Å². The van der Waals surface area contributed by atoms with E-state index in [0.29, 0.717) is 0 Å². The molecule has 6 heteroatoms. The molecule has 2 rings (SSSR count). The molecule has 0 saturated carbocycles. The van der Waals surface area contributed by atoms with Crippen molar-refractivity contribution in [3.05, 3.63) is 24.3 Å². The Bertz CT molecular complexity index is 479. The predicted octanol–water partition coefficient (Wildman–Crippen LogP) is 3.59. The summed E-state index contributed by atoms with van der Waals surface area (Å²) in [4.78, 5) is 14.3. The Morgan fingerprint density at radius 2 is 1.71 bits per heavy atom. The van der Waals surface area contributed by atoms with Gasteiger partial charge in [-0.15, -0.1) is 0 Å². The van der Waals surface area contributed by atoms with E-state index in [1.54, 1.807) is 24.3 Å². The predicted molar refractivity (Wildman–Crippen MR) is 76.6 cm³/mol. The molecule has 0 N–H and O–H groups in total. The van der Waals surface area contributed by atoms with Crippen molar-refractivity contribution in [2.24, 2.45) is 0 Å². The average Bonchev–Trinajstić information content (AvgIpc) is 2.48. The van der Waals surface area contributed by atoms with Gasteiger partial charge in [-0.05, 0) is 50.5 Å². The highest BCUT2D eigenvalue weighted by atomic mass is 19.4. The summed E-state index contributed by atoms with van der Waals surface area (Å²) >= 11 is 0. The Balaban J connectivity index is 2.14. The topological polar surface area (TPSA) is 23.6 Å². The van der Waals surface area contributed by atoms with E-state index in [-0.39, 0.29) is 12.2 Å². The van der Waals surface area contributed by atoms with Crippen molar-refractivity contribution >= 4 is 17.3 Å². The fourth-order valence-electron chi connectivity index (χ4n) is 2.59. The van der Waals surface area contributed by atoms with Crippen LogP contribution in [0.1, 0.15) is 26.2 Å². The summed E-state index contributed by atoms with van der Waals surface area (Å²) in [7, 11) is 0. The molecule has 3 nitrogen and oxygen atoms in total.